The van der Waals surface area contributed by atoms with Crippen molar-refractivity contribution in [3.05, 3.63) is 53.4 Å². The van der Waals surface area contributed by atoms with Gasteiger partial charge in [0.25, 0.3) is 0 Å². The molecule has 158 valence electrons. The minimum Gasteiger partial charge on any atom is -0.352 e. The smallest absolute Gasteiger partial charge is 0.234 e. The molecule has 2 aliphatic heterocycles. The summed E-state index contributed by atoms with van der Waals surface area (Å²) in [6.45, 7) is 6.41. The molecule has 0 bridgehead atoms. The van der Waals surface area contributed by atoms with Crippen molar-refractivity contribution in [3.8, 4) is 0 Å². The number of carbonyl (C=O) groups excluding carboxylic acids is 1. The lowest BCUT2D eigenvalue weighted by Gasteiger charge is -2.36. The number of nitrogens with one attached hydrogen (secondary N) is 2. The number of halogens is 2. The van der Waals surface area contributed by atoms with Crippen LogP contribution in [0.15, 0.2) is 30.6 Å². The SMILES string of the molecule is CCN1CCC(NC(=O)CN2CCc3[nH]cnc3C2c2ccc(F)cc2)CC1.I. The van der Waals surface area contributed by atoms with Gasteiger partial charge in [-0.05, 0) is 37.1 Å². The van der Waals surface area contributed by atoms with Crippen LogP contribution in [0.3, 0.4) is 0 Å². The Morgan fingerprint density at radius 1 is 1.24 bits per heavy atom. The molecule has 0 aliphatic carbocycles. The molecule has 1 aromatic carbocycles. The summed E-state index contributed by atoms with van der Waals surface area (Å²) in [6, 6.07) is 6.63. The maximum Gasteiger partial charge on any atom is 0.234 e. The molecule has 4 rings (SSSR count). The summed E-state index contributed by atoms with van der Waals surface area (Å²) in [7, 11) is 0. The molecule has 1 saturated heterocycles. The average molecular weight is 513 g/mol. The first-order valence-corrected chi connectivity index (χ1v) is 10.2. The van der Waals surface area contributed by atoms with Crippen LogP contribution in [0.1, 0.15) is 42.8 Å². The Hall–Kier alpha value is -1.52. The molecule has 1 aromatic heterocycles. The third-order valence-electron chi connectivity index (χ3n) is 5.96. The molecule has 3 heterocycles. The Morgan fingerprint density at radius 3 is 2.66 bits per heavy atom. The van der Waals surface area contributed by atoms with E-state index in [1.807, 2.05) is 0 Å². The standard InChI is InChI=1S/C21H28FN5O.HI/c1-2-26-10-7-17(8-11-26)25-19(28)13-27-12-9-18-20(24-14-23-18)21(27)15-3-5-16(22)6-4-15;/h3-6,14,17,21H,2,7-13H2,1H3,(H,23,24)(H,25,28);1H. The van der Waals surface area contributed by atoms with Crippen molar-refractivity contribution in [2.45, 2.75) is 38.3 Å². The van der Waals surface area contributed by atoms with E-state index < -0.39 is 0 Å². The number of piperidine rings is 1. The van der Waals surface area contributed by atoms with E-state index >= 15 is 0 Å². The lowest BCUT2D eigenvalue weighted by atomic mass is 9.95. The van der Waals surface area contributed by atoms with Gasteiger partial charge in [-0.25, -0.2) is 9.37 Å². The molecule has 29 heavy (non-hydrogen) atoms. The summed E-state index contributed by atoms with van der Waals surface area (Å²) in [6.07, 6.45) is 4.54. The van der Waals surface area contributed by atoms with E-state index in [-0.39, 0.29) is 47.8 Å². The summed E-state index contributed by atoms with van der Waals surface area (Å²) < 4.78 is 13.4. The largest absolute Gasteiger partial charge is 0.352 e. The van der Waals surface area contributed by atoms with Gasteiger partial charge < -0.3 is 15.2 Å². The minimum absolute atomic E-state index is 0. The number of H-pyrrole nitrogens is 1. The van der Waals surface area contributed by atoms with Crippen LogP contribution in [-0.2, 0) is 11.2 Å². The molecule has 2 aliphatic rings. The first-order valence-electron chi connectivity index (χ1n) is 10.2. The van der Waals surface area contributed by atoms with Gasteiger partial charge in [-0.3, -0.25) is 9.69 Å². The summed E-state index contributed by atoms with van der Waals surface area (Å²) in [4.78, 5) is 25.0. The number of aromatic amines is 1. The molecule has 0 radical (unpaired) electrons. The molecule has 2 N–H and O–H groups in total. The quantitative estimate of drug-likeness (QED) is 0.604. The maximum atomic E-state index is 13.4. The van der Waals surface area contributed by atoms with Gasteiger partial charge >= 0.3 is 0 Å². The number of carbonyl (C=O) groups is 1. The monoisotopic (exact) mass is 513 g/mol. The second-order valence-corrected chi connectivity index (χ2v) is 7.72. The number of aromatic nitrogens is 2. The van der Waals surface area contributed by atoms with Crippen molar-refractivity contribution < 1.29 is 9.18 Å². The van der Waals surface area contributed by atoms with Crippen molar-refractivity contribution in [2.24, 2.45) is 0 Å². The fraction of sp³-hybridized carbons (Fsp3) is 0.524. The number of nitrogens with zero attached hydrogens (tertiary/aromatic N) is 3. The Balaban J connectivity index is 0.00000240. The number of hydrogen-bond acceptors (Lipinski definition) is 4. The van der Waals surface area contributed by atoms with Crippen LogP contribution < -0.4 is 5.32 Å². The van der Waals surface area contributed by atoms with Gasteiger partial charge in [0.15, 0.2) is 0 Å². The van der Waals surface area contributed by atoms with Gasteiger partial charge in [0.05, 0.1) is 24.6 Å². The number of imidazole rings is 1. The molecule has 2 aromatic rings. The fourth-order valence-corrected chi connectivity index (χ4v) is 4.36. The molecule has 0 saturated carbocycles. The molecular weight excluding hydrogens is 484 g/mol. The zero-order valence-corrected chi connectivity index (χ0v) is 19.1. The van der Waals surface area contributed by atoms with E-state index in [4.69, 9.17) is 0 Å². The van der Waals surface area contributed by atoms with Crippen LogP contribution in [0, 0.1) is 5.82 Å². The molecule has 1 unspecified atom stereocenters. The van der Waals surface area contributed by atoms with Gasteiger partial charge in [0, 0.05) is 37.8 Å². The highest BCUT2D eigenvalue weighted by molar-refractivity contribution is 14.0. The Morgan fingerprint density at radius 2 is 1.97 bits per heavy atom. The highest BCUT2D eigenvalue weighted by Crippen LogP contribution is 2.33. The fourth-order valence-electron chi connectivity index (χ4n) is 4.36. The molecule has 1 fully saturated rings. The van der Waals surface area contributed by atoms with Crippen molar-refractivity contribution in [1.29, 1.82) is 0 Å². The minimum atomic E-state index is -0.260. The second kappa shape index (κ2) is 9.99. The number of likely N-dealkylation sites (tertiary alicyclic amines) is 1. The third kappa shape index (κ3) is 5.16. The van der Waals surface area contributed by atoms with Gasteiger partial charge in [-0.2, -0.15) is 0 Å². The van der Waals surface area contributed by atoms with Gasteiger partial charge in [-0.15, -0.1) is 24.0 Å². The van der Waals surface area contributed by atoms with E-state index in [1.165, 1.54) is 12.1 Å². The first kappa shape index (κ1) is 22.2. The van der Waals surface area contributed by atoms with Crippen molar-refractivity contribution in [3.63, 3.8) is 0 Å². The van der Waals surface area contributed by atoms with Gasteiger partial charge in [-0.1, -0.05) is 19.1 Å². The third-order valence-corrected chi connectivity index (χ3v) is 5.96. The highest BCUT2D eigenvalue weighted by atomic mass is 127. The predicted molar refractivity (Wildman–Crippen MR) is 121 cm³/mol. The van der Waals surface area contributed by atoms with E-state index in [0.717, 1.165) is 62.4 Å². The maximum absolute atomic E-state index is 13.4. The number of hydrogen-bond donors (Lipinski definition) is 2. The lowest BCUT2D eigenvalue weighted by molar-refractivity contribution is -0.123. The van der Waals surface area contributed by atoms with Crippen molar-refractivity contribution in [2.75, 3.05) is 32.7 Å². The topological polar surface area (TPSA) is 64.3 Å². The van der Waals surface area contributed by atoms with Crippen molar-refractivity contribution in [1.82, 2.24) is 25.1 Å². The zero-order chi connectivity index (χ0) is 19.5. The van der Waals surface area contributed by atoms with Crippen LogP contribution in [0.5, 0.6) is 0 Å². The predicted octanol–water partition coefficient (Wildman–Crippen LogP) is 2.71. The highest BCUT2D eigenvalue weighted by Gasteiger charge is 2.32. The Kier molecular flexibility index (Phi) is 7.64. The molecule has 6 nitrogen and oxygen atoms in total. The molecule has 0 spiro atoms. The first-order chi connectivity index (χ1) is 13.6. The van der Waals surface area contributed by atoms with Crippen LogP contribution in [0.25, 0.3) is 0 Å². The van der Waals surface area contributed by atoms with Crippen LogP contribution in [0.2, 0.25) is 0 Å². The van der Waals surface area contributed by atoms with Crippen LogP contribution in [-0.4, -0.2) is 64.4 Å². The second-order valence-electron chi connectivity index (χ2n) is 7.72. The number of amides is 1. The van der Waals surface area contributed by atoms with E-state index in [2.05, 4.69) is 32.0 Å². The van der Waals surface area contributed by atoms with E-state index in [0.29, 0.717) is 6.54 Å². The number of rotatable bonds is 5. The van der Waals surface area contributed by atoms with Gasteiger partial charge in [0.2, 0.25) is 5.91 Å². The molecule has 8 heteroatoms. The van der Waals surface area contributed by atoms with Crippen molar-refractivity contribution >= 4 is 29.9 Å². The lowest BCUT2D eigenvalue weighted by Crippen LogP contribution is -2.49. The number of benzene rings is 1. The molecule has 1 atom stereocenters. The zero-order valence-electron chi connectivity index (χ0n) is 16.7. The normalized spacial score (nSPS) is 20.7. The van der Waals surface area contributed by atoms with E-state index in [9.17, 15) is 9.18 Å². The molecular formula is C21H29FIN5O. The molecule has 1 amide bonds. The van der Waals surface area contributed by atoms with Gasteiger partial charge in [0.1, 0.15) is 5.82 Å². The average Bonchev–Trinajstić information content (AvgIpc) is 3.18. The van der Waals surface area contributed by atoms with Crippen LogP contribution in [0.4, 0.5) is 4.39 Å². The van der Waals surface area contributed by atoms with E-state index in [1.54, 1.807) is 18.5 Å². The Labute approximate surface area is 188 Å². The summed E-state index contributed by atoms with van der Waals surface area (Å²) in [5.41, 5.74) is 2.98. The number of fused-ring (bicyclic) bond motifs is 1. The summed E-state index contributed by atoms with van der Waals surface area (Å²) >= 11 is 0. The van der Waals surface area contributed by atoms with Crippen LogP contribution >= 0.6 is 24.0 Å². The summed E-state index contributed by atoms with van der Waals surface area (Å²) in [5.74, 6) is -0.203. The summed E-state index contributed by atoms with van der Waals surface area (Å²) in [5, 5.41) is 3.21. The Bertz CT molecular complexity index is 804.